The number of nitrogens with one attached hydrogen (secondary N) is 2. The van der Waals surface area contributed by atoms with Crippen LogP contribution in [-0.4, -0.2) is 77.2 Å². The minimum atomic E-state index is -1.76. The van der Waals surface area contributed by atoms with Gasteiger partial charge in [-0.3, -0.25) is 14.4 Å². The lowest BCUT2D eigenvalue weighted by atomic mass is 9.87. The Labute approximate surface area is 246 Å². The van der Waals surface area contributed by atoms with Crippen molar-refractivity contribution in [3.63, 3.8) is 0 Å². The van der Waals surface area contributed by atoms with Gasteiger partial charge in [-0.25, -0.2) is 4.39 Å². The number of rotatable bonds is 7. The van der Waals surface area contributed by atoms with Crippen LogP contribution in [0, 0.1) is 19.8 Å². The van der Waals surface area contributed by atoms with Gasteiger partial charge >= 0.3 is 0 Å². The zero-order valence-corrected chi connectivity index (χ0v) is 25.3. The van der Waals surface area contributed by atoms with Gasteiger partial charge in [-0.15, -0.1) is 0 Å². The van der Waals surface area contributed by atoms with Gasteiger partial charge in [0.2, 0.25) is 0 Å². The number of piperidine rings is 2. The van der Waals surface area contributed by atoms with E-state index in [-0.39, 0.29) is 48.7 Å². The molecule has 0 radical (unpaired) electrons. The summed E-state index contributed by atoms with van der Waals surface area (Å²) in [6.45, 7) is 8.19. The van der Waals surface area contributed by atoms with Gasteiger partial charge in [-0.05, 0) is 58.7 Å². The number of alkyl halides is 1. The van der Waals surface area contributed by atoms with E-state index in [1.54, 1.807) is 17.9 Å². The molecule has 2 fully saturated rings. The molecule has 226 valence electrons. The minimum Gasteiger partial charge on any atom is -0.496 e. The molecule has 3 aromatic rings. The molecule has 2 N–H and O–H groups in total. The molecular weight excluding hydrogens is 537 g/mol. The summed E-state index contributed by atoms with van der Waals surface area (Å²) in [5.41, 5.74) is 1.38. The number of halogens is 1. The van der Waals surface area contributed by atoms with E-state index in [2.05, 4.69) is 26.7 Å². The van der Waals surface area contributed by atoms with Crippen molar-refractivity contribution in [3.05, 3.63) is 63.2 Å². The molecule has 1 unspecified atom stereocenters. The number of fused-ring (bicyclic) bond motifs is 1. The van der Waals surface area contributed by atoms with Crippen LogP contribution in [0.5, 0.6) is 5.75 Å². The van der Waals surface area contributed by atoms with Crippen molar-refractivity contribution in [1.82, 2.24) is 24.7 Å². The average Bonchev–Trinajstić information content (AvgIpc) is 3.28. The Bertz CT molecular complexity index is 1530. The van der Waals surface area contributed by atoms with E-state index in [1.807, 2.05) is 38.2 Å². The second kappa shape index (κ2) is 11.9. The van der Waals surface area contributed by atoms with Crippen molar-refractivity contribution >= 4 is 22.7 Å². The molecule has 2 aliphatic rings. The molecule has 1 aromatic carbocycles. The van der Waals surface area contributed by atoms with Gasteiger partial charge in [-0.2, -0.15) is 0 Å². The quantitative estimate of drug-likeness (QED) is 0.439. The standard InChI is InChI=1S/C32H42FN5O4/c1-20-18-27(42-5)25(29(39)35-20)19-34-30(40)28-22(3)38(26-9-7-6-8-24(26)28)21(2)23-10-14-37(15-11-23)31(41)32(33)12-16-36(4)17-13-32/h6-9,18,21,23H,10-17,19H2,1-5H3,(H,34,40)(H,35,39). The Morgan fingerprint density at radius 3 is 2.48 bits per heavy atom. The van der Waals surface area contributed by atoms with Crippen molar-refractivity contribution in [2.45, 2.75) is 64.7 Å². The van der Waals surface area contributed by atoms with Crippen LogP contribution in [0.1, 0.15) is 66.0 Å². The lowest BCUT2D eigenvalue weighted by molar-refractivity contribution is -0.148. The fourth-order valence-electron chi connectivity index (χ4n) is 6.76. The van der Waals surface area contributed by atoms with E-state index < -0.39 is 5.67 Å². The first kappa shape index (κ1) is 29.8. The lowest BCUT2D eigenvalue weighted by Gasteiger charge is -2.41. The molecular formula is C32H42FN5O4. The maximum Gasteiger partial charge on any atom is 0.260 e. The van der Waals surface area contributed by atoms with E-state index in [4.69, 9.17) is 4.74 Å². The van der Waals surface area contributed by atoms with Gasteiger partial charge in [-0.1, -0.05) is 18.2 Å². The molecule has 0 aliphatic carbocycles. The topological polar surface area (TPSA) is 99.7 Å². The SMILES string of the molecule is COc1cc(C)[nH]c(=O)c1CNC(=O)c1c(C)n(C(C)C2CCN(C(=O)C3(F)CCN(C)CC3)CC2)c2ccccc12. The maximum absolute atomic E-state index is 15.5. The van der Waals surface area contributed by atoms with E-state index >= 15 is 4.39 Å². The molecule has 4 heterocycles. The Hall–Kier alpha value is -3.66. The highest BCUT2D eigenvalue weighted by molar-refractivity contribution is 6.08. The number of carbonyl (C=O) groups excluding carboxylic acids is 2. The van der Waals surface area contributed by atoms with Crippen LogP contribution in [0.15, 0.2) is 35.1 Å². The average molecular weight is 580 g/mol. The Morgan fingerprint density at radius 1 is 1.14 bits per heavy atom. The molecule has 9 nitrogen and oxygen atoms in total. The number of aromatic nitrogens is 2. The summed E-state index contributed by atoms with van der Waals surface area (Å²) < 4.78 is 23.1. The van der Waals surface area contributed by atoms with Crippen molar-refractivity contribution in [2.24, 2.45) is 5.92 Å². The second-order valence-corrected chi connectivity index (χ2v) is 12.0. The molecule has 2 amide bonds. The van der Waals surface area contributed by atoms with Crippen LogP contribution < -0.4 is 15.6 Å². The van der Waals surface area contributed by atoms with Gasteiger partial charge in [0.25, 0.3) is 17.4 Å². The highest BCUT2D eigenvalue weighted by Crippen LogP contribution is 2.37. The van der Waals surface area contributed by atoms with Gasteiger partial charge in [0, 0.05) is 67.4 Å². The number of ether oxygens (including phenoxy) is 1. The molecule has 1 atom stereocenters. The number of pyridine rings is 1. The number of carbonyl (C=O) groups is 2. The molecule has 10 heteroatoms. The van der Waals surface area contributed by atoms with Gasteiger partial charge in [0.05, 0.1) is 24.8 Å². The number of benzene rings is 1. The van der Waals surface area contributed by atoms with Crippen molar-refractivity contribution in [3.8, 4) is 5.75 Å². The normalized spacial score (nSPS) is 18.7. The highest BCUT2D eigenvalue weighted by atomic mass is 19.1. The monoisotopic (exact) mass is 579 g/mol. The third-order valence-electron chi connectivity index (χ3n) is 9.34. The van der Waals surface area contributed by atoms with E-state index in [1.165, 1.54) is 7.11 Å². The van der Waals surface area contributed by atoms with Crippen LogP contribution in [-0.2, 0) is 11.3 Å². The van der Waals surface area contributed by atoms with Crippen LogP contribution in [0.3, 0.4) is 0 Å². The summed E-state index contributed by atoms with van der Waals surface area (Å²) in [6.07, 6.45) is 2.05. The number of amides is 2. The third kappa shape index (κ3) is 5.56. The first-order valence-electron chi connectivity index (χ1n) is 14.9. The summed E-state index contributed by atoms with van der Waals surface area (Å²) in [6, 6.07) is 9.66. The van der Waals surface area contributed by atoms with Crippen LogP contribution in [0.4, 0.5) is 4.39 Å². The third-order valence-corrected chi connectivity index (χ3v) is 9.34. The van der Waals surface area contributed by atoms with Crippen LogP contribution >= 0.6 is 0 Å². The van der Waals surface area contributed by atoms with Gasteiger partial charge < -0.3 is 29.4 Å². The molecule has 0 bridgehead atoms. The smallest absolute Gasteiger partial charge is 0.260 e. The minimum absolute atomic E-state index is 0.0327. The number of H-pyrrole nitrogens is 1. The number of aryl methyl sites for hydroxylation is 1. The van der Waals surface area contributed by atoms with E-state index in [9.17, 15) is 14.4 Å². The fraction of sp³-hybridized carbons (Fsp3) is 0.531. The first-order chi connectivity index (χ1) is 20.0. The number of aromatic amines is 1. The van der Waals surface area contributed by atoms with Crippen LogP contribution in [0.2, 0.25) is 0 Å². The summed E-state index contributed by atoms with van der Waals surface area (Å²) in [7, 11) is 3.46. The Morgan fingerprint density at radius 2 is 1.81 bits per heavy atom. The Kier molecular flexibility index (Phi) is 8.46. The molecule has 5 rings (SSSR count). The number of hydrogen-bond acceptors (Lipinski definition) is 5. The van der Waals surface area contributed by atoms with Gasteiger partial charge in [0.15, 0.2) is 5.67 Å². The fourth-order valence-corrected chi connectivity index (χ4v) is 6.76. The van der Waals surface area contributed by atoms with Crippen LogP contribution in [0.25, 0.3) is 10.9 Å². The first-order valence-corrected chi connectivity index (χ1v) is 14.9. The van der Waals surface area contributed by atoms with Crippen molar-refractivity contribution < 1.29 is 18.7 Å². The number of para-hydroxylation sites is 1. The number of methoxy groups -OCH3 is 1. The molecule has 42 heavy (non-hydrogen) atoms. The van der Waals surface area contributed by atoms with E-state index in [0.717, 1.165) is 29.4 Å². The second-order valence-electron chi connectivity index (χ2n) is 12.0. The number of nitrogens with zero attached hydrogens (tertiary/aromatic N) is 3. The molecule has 0 spiro atoms. The lowest BCUT2D eigenvalue weighted by Crippen LogP contribution is -2.53. The zero-order chi connectivity index (χ0) is 30.2. The Balaban J connectivity index is 1.33. The molecule has 0 saturated carbocycles. The number of hydrogen-bond donors (Lipinski definition) is 2. The molecule has 2 saturated heterocycles. The number of likely N-dealkylation sites (tertiary alicyclic amines) is 2. The summed E-state index contributed by atoms with van der Waals surface area (Å²) in [5, 5.41) is 3.78. The predicted molar refractivity (Wildman–Crippen MR) is 161 cm³/mol. The highest BCUT2D eigenvalue weighted by Gasteiger charge is 2.44. The zero-order valence-electron chi connectivity index (χ0n) is 25.3. The predicted octanol–water partition coefficient (Wildman–Crippen LogP) is 4.12. The van der Waals surface area contributed by atoms with Crippen molar-refractivity contribution in [1.29, 1.82) is 0 Å². The summed E-state index contributed by atoms with van der Waals surface area (Å²) in [5.74, 6) is 0.0855. The van der Waals surface area contributed by atoms with E-state index in [0.29, 0.717) is 48.7 Å². The molecule has 2 aliphatic heterocycles. The largest absolute Gasteiger partial charge is 0.496 e. The van der Waals surface area contributed by atoms with Crippen molar-refractivity contribution in [2.75, 3.05) is 40.3 Å². The maximum atomic E-state index is 15.5. The van der Waals surface area contributed by atoms with Gasteiger partial charge in [0.1, 0.15) is 5.75 Å². The summed E-state index contributed by atoms with van der Waals surface area (Å²) in [4.78, 5) is 45.8. The molecule has 2 aromatic heterocycles. The summed E-state index contributed by atoms with van der Waals surface area (Å²) >= 11 is 0.